The molecule has 8 nitrogen and oxygen atoms in total. The number of anilines is 1. The molecule has 0 aromatic carbocycles. The van der Waals surface area contributed by atoms with Crippen LogP contribution in [0.5, 0.6) is 0 Å². The molecule has 0 spiro atoms. The maximum Gasteiger partial charge on any atom is 0.356 e. The predicted octanol–water partition coefficient (Wildman–Crippen LogP) is -0.266. The molecule has 0 radical (unpaired) electrons. The molecule has 19 heavy (non-hydrogen) atoms. The second kappa shape index (κ2) is 5.01. The van der Waals surface area contributed by atoms with Crippen molar-refractivity contribution in [3.8, 4) is 0 Å². The van der Waals surface area contributed by atoms with Gasteiger partial charge in [-0.3, -0.25) is 14.5 Å². The SMILES string of the molecule is CN1C(=O)CCC(Nc2ccc(C(=O)O)nn2)C1=O. The van der Waals surface area contributed by atoms with Gasteiger partial charge < -0.3 is 10.4 Å². The standard InChI is InChI=1S/C11H12N4O4/c1-15-9(16)5-3-6(10(15)17)12-8-4-2-7(11(18)19)13-14-8/h2,4,6H,3,5H2,1H3,(H,12,14)(H,18,19). The Kier molecular flexibility index (Phi) is 3.41. The summed E-state index contributed by atoms with van der Waals surface area (Å²) in [6.45, 7) is 0. The van der Waals surface area contributed by atoms with E-state index in [4.69, 9.17) is 5.11 Å². The molecule has 0 aliphatic carbocycles. The van der Waals surface area contributed by atoms with Crippen LogP contribution in [0.15, 0.2) is 12.1 Å². The third kappa shape index (κ3) is 2.67. The van der Waals surface area contributed by atoms with Crippen LogP contribution in [-0.2, 0) is 9.59 Å². The highest BCUT2D eigenvalue weighted by Gasteiger charge is 2.31. The highest BCUT2D eigenvalue weighted by atomic mass is 16.4. The molecule has 1 saturated heterocycles. The second-order valence-electron chi connectivity index (χ2n) is 4.14. The molecule has 1 fully saturated rings. The molecule has 0 bridgehead atoms. The Morgan fingerprint density at radius 2 is 2.16 bits per heavy atom. The Hall–Kier alpha value is -2.51. The van der Waals surface area contributed by atoms with E-state index in [0.717, 1.165) is 4.90 Å². The number of imide groups is 1. The summed E-state index contributed by atoms with van der Waals surface area (Å²) in [4.78, 5) is 34.8. The molecule has 1 aliphatic rings. The van der Waals surface area contributed by atoms with E-state index in [0.29, 0.717) is 12.2 Å². The van der Waals surface area contributed by atoms with E-state index in [1.807, 2.05) is 0 Å². The summed E-state index contributed by atoms with van der Waals surface area (Å²) in [5.74, 6) is -1.42. The predicted molar refractivity (Wildman–Crippen MR) is 63.4 cm³/mol. The zero-order valence-electron chi connectivity index (χ0n) is 10.2. The normalized spacial score (nSPS) is 19.4. The minimum atomic E-state index is -1.17. The summed E-state index contributed by atoms with van der Waals surface area (Å²) >= 11 is 0. The molecule has 2 N–H and O–H groups in total. The lowest BCUT2D eigenvalue weighted by Gasteiger charge is -2.28. The van der Waals surface area contributed by atoms with Gasteiger partial charge in [0, 0.05) is 13.5 Å². The molecule has 2 heterocycles. The van der Waals surface area contributed by atoms with Gasteiger partial charge in [0.05, 0.1) is 0 Å². The first-order valence-corrected chi connectivity index (χ1v) is 5.63. The fraction of sp³-hybridized carbons (Fsp3) is 0.364. The van der Waals surface area contributed by atoms with Crippen LogP contribution in [0, 0.1) is 0 Å². The van der Waals surface area contributed by atoms with Crippen molar-refractivity contribution >= 4 is 23.6 Å². The minimum absolute atomic E-state index is 0.173. The summed E-state index contributed by atoms with van der Waals surface area (Å²) in [6, 6.07) is 2.17. The van der Waals surface area contributed by atoms with Gasteiger partial charge in [0.25, 0.3) is 5.91 Å². The highest BCUT2D eigenvalue weighted by Crippen LogP contribution is 2.15. The van der Waals surface area contributed by atoms with Crippen LogP contribution in [-0.4, -0.2) is 51.1 Å². The average molecular weight is 264 g/mol. The first-order valence-electron chi connectivity index (χ1n) is 5.63. The van der Waals surface area contributed by atoms with Gasteiger partial charge in [-0.25, -0.2) is 4.79 Å². The number of carboxylic acids is 1. The molecule has 1 aromatic heterocycles. The van der Waals surface area contributed by atoms with Crippen molar-refractivity contribution in [2.24, 2.45) is 0 Å². The van der Waals surface area contributed by atoms with Gasteiger partial charge in [-0.05, 0) is 18.6 Å². The van der Waals surface area contributed by atoms with E-state index in [2.05, 4.69) is 15.5 Å². The summed E-state index contributed by atoms with van der Waals surface area (Å²) < 4.78 is 0. The minimum Gasteiger partial charge on any atom is -0.476 e. The molecule has 1 aliphatic heterocycles. The number of likely N-dealkylation sites (N-methyl/N-ethyl adjacent to an activating group) is 1. The van der Waals surface area contributed by atoms with Crippen LogP contribution in [0.3, 0.4) is 0 Å². The molecule has 8 heteroatoms. The van der Waals surface area contributed by atoms with Gasteiger partial charge in [-0.1, -0.05) is 0 Å². The van der Waals surface area contributed by atoms with Crippen molar-refractivity contribution in [3.05, 3.63) is 17.8 Å². The summed E-state index contributed by atoms with van der Waals surface area (Å²) in [5, 5.41) is 18.7. The smallest absolute Gasteiger partial charge is 0.356 e. The molecular weight excluding hydrogens is 252 g/mol. The maximum absolute atomic E-state index is 11.8. The van der Waals surface area contributed by atoms with Crippen molar-refractivity contribution in [2.75, 3.05) is 12.4 Å². The van der Waals surface area contributed by atoms with Crippen molar-refractivity contribution in [2.45, 2.75) is 18.9 Å². The average Bonchev–Trinajstić information content (AvgIpc) is 2.40. The number of piperidine rings is 1. The Morgan fingerprint density at radius 1 is 1.42 bits per heavy atom. The molecule has 0 saturated carbocycles. The lowest BCUT2D eigenvalue weighted by molar-refractivity contribution is -0.146. The van der Waals surface area contributed by atoms with E-state index >= 15 is 0 Å². The first-order chi connectivity index (χ1) is 8.99. The van der Waals surface area contributed by atoms with E-state index in [1.54, 1.807) is 0 Å². The van der Waals surface area contributed by atoms with E-state index in [1.165, 1.54) is 19.2 Å². The number of carbonyl (C=O) groups is 3. The van der Waals surface area contributed by atoms with E-state index in [-0.39, 0.29) is 23.9 Å². The summed E-state index contributed by atoms with van der Waals surface area (Å²) in [5.41, 5.74) is -0.173. The van der Waals surface area contributed by atoms with Gasteiger partial charge >= 0.3 is 5.97 Å². The number of carbonyl (C=O) groups excluding carboxylic acids is 2. The number of carboxylic acid groups (broad SMARTS) is 1. The number of likely N-dealkylation sites (tertiary alicyclic amines) is 1. The van der Waals surface area contributed by atoms with Crippen molar-refractivity contribution in [3.63, 3.8) is 0 Å². The largest absolute Gasteiger partial charge is 0.476 e. The lowest BCUT2D eigenvalue weighted by Crippen LogP contribution is -2.48. The van der Waals surface area contributed by atoms with Gasteiger partial charge in [0.15, 0.2) is 5.69 Å². The Balaban J connectivity index is 2.07. The number of aromatic nitrogens is 2. The molecular formula is C11H12N4O4. The van der Waals surface area contributed by atoms with Gasteiger partial charge in [0.1, 0.15) is 11.9 Å². The van der Waals surface area contributed by atoms with Gasteiger partial charge in [-0.2, -0.15) is 0 Å². The van der Waals surface area contributed by atoms with Crippen molar-refractivity contribution in [1.29, 1.82) is 0 Å². The Morgan fingerprint density at radius 3 is 2.74 bits per heavy atom. The van der Waals surface area contributed by atoms with Crippen LogP contribution in [0.25, 0.3) is 0 Å². The third-order valence-electron chi connectivity index (χ3n) is 2.86. The van der Waals surface area contributed by atoms with Crippen molar-refractivity contribution < 1.29 is 19.5 Å². The second-order valence-corrected chi connectivity index (χ2v) is 4.14. The van der Waals surface area contributed by atoms with Crippen LogP contribution >= 0.6 is 0 Å². The van der Waals surface area contributed by atoms with Gasteiger partial charge in [0.2, 0.25) is 5.91 Å². The van der Waals surface area contributed by atoms with Crippen molar-refractivity contribution in [1.82, 2.24) is 15.1 Å². The number of amides is 2. The summed E-state index contributed by atoms with van der Waals surface area (Å²) in [6.07, 6.45) is 0.658. The number of nitrogens with one attached hydrogen (secondary N) is 1. The zero-order valence-corrected chi connectivity index (χ0v) is 10.2. The highest BCUT2D eigenvalue weighted by molar-refractivity contribution is 6.01. The van der Waals surface area contributed by atoms with Crippen LogP contribution < -0.4 is 5.32 Å². The Bertz CT molecular complexity index is 528. The number of aromatic carboxylic acids is 1. The maximum atomic E-state index is 11.8. The van der Waals surface area contributed by atoms with Crippen LogP contribution in [0.2, 0.25) is 0 Å². The molecule has 1 atom stereocenters. The topological polar surface area (TPSA) is 112 Å². The zero-order chi connectivity index (χ0) is 14.0. The first kappa shape index (κ1) is 12.9. The van der Waals surface area contributed by atoms with E-state index in [9.17, 15) is 14.4 Å². The molecule has 1 unspecified atom stereocenters. The fourth-order valence-electron chi connectivity index (χ4n) is 1.75. The molecule has 1 aromatic rings. The molecule has 2 amide bonds. The van der Waals surface area contributed by atoms with Gasteiger partial charge in [-0.15, -0.1) is 10.2 Å². The molecule has 100 valence electrons. The van der Waals surface area contributed by atoms with E-state index < -0.39 is 12.0 Å². The third-order valence-corrected chi connectivity index (χ3v) is 2.86. The quantitative estimate of drug-likeness (QED) is 0.723. The van der Waals surface area contributed by atoms with Crippen LogP contribution in [0.4, 0.5) is 5.82 Å². The monoisotopic (exact) mass is 264 g/mol. The number of hydrogen-bond donors (Lipinski definition) is 2. The summed E-state index contributed by atoms with van der Waals surface area (Å²) in [7, 11) is 1.43. The van der Waals surface area contributed by atoms with Crippen LogP contribution in [0.1, 0.15) is 23.3 Å². The number of hydrogen-bond acceptors (Lipinski definition) is 6. The molecule has 2 rings (SSSR count). The number of nitrogens with zero attached hydrogens (tertiary/aromatic N) is 3. The Labute approximate surface area is 108 Å². The lowest BCUT2D eigenvalue weighted by atomic mass is 10.0. The number of rotatable bonds is 3. The fourth-order valence-corrected chi connectivity index (χ4v) is 1.75.